The number of pyridine rings is 1. The van der Waals surface area contributed by atoms with Crippen molar-refractivity contribution >= 4 is 0 Å². The van der Waals surface area contributed by atoms with Gasteiger partial charge in [0.1, 0.15) is 0 Å². The number of aromatic nitrogens is 5. The van der Waals surface area contributed by atoms with Crippen LogP contribution >= 0.6 is 0 Å². The lowest BCUT2D eigenvalue weighted by Crippen LogP contribution is -2.07. The topological polar surface area (TPSA) is 100.0 Å². The van der Waals surface area contributed by atoms with Crippen molar-refractivity contribution in [2.45, 2.75) is 19.7 Å². The first kappa shape index (κ1) is 14.9. The monoisotopic (exact) mass is 327 g/mol. The Morgan fingerprint density at radius 1 is 1.13 bits per heavy atom. The molecule has 3 heterocycles. The Bertz CT molecular complexity index is 797. The molecule has 0 aliphatic heterocycles. The van der Waals surface area contributed by atoms with Crippen LogP contribution in [0.2, 0.25) is 0 Å². The number of ether oxygens (including phenoxy) is 1. The summed E-state index contributed by atoms with van der Waals surface area (Å²) in [6, 6.07) is 2.88. The fraction of sp³-hybridized carbons (Fsp3) is 0.250. The Balaban J connectivity index is 1.68. The van der Waals surface area contributed by atoms with Crippen LogP contribution in [-0.2, 0) is 12.8 Å². The van der Waals surface area contributed by atoms with Gasteiger partial charge in [-0.1, -0.05) is 10.3 Å². The van der Waals surface area contributed by atoms with Crippen LogP contribution in [0.15, 0.2) is 27.4 Å². The Labute approximate surface area is 126 Å². The molecule has 0 saturated carbocycles. The van der Waals surface area contributed by atoms with Crippen LogP contribution in [0.5, 0.6) is 5.88 Å². The largest absolute Gasteiger partial charge is 0.468 e. The first-order valence-corrected chi connectivity index (χ1v) is 6.21. The first-order valence-electron chi connectivity index (χ1n) is 6.21. The molecular weight excluding hydrogens is 319 g/mol. The molecule has 0 bridgehead atoms. The van der Waals surface area contributed by atoms with Crippen molar-refractivity contribution in [1.29, 1.82) is 0 Å². The first-order chi connectivity index (χ1) is 10.9. The van der Waals surface area contributed by atoms with E-state index < -0.39 is 12.0 Å². The zero-order valence-corrected chi connectivity index (χ0v) is 11.5. The Kier molecular flexibility index (Phi) is 3.68. The van der Waals surface area contributed by atoms with Gasteiger partial charge < -0.3 is 13.8 Å². The van der Waals surface area contributed by atoms with Gasteiger partial charge in [-0.15, -0.1) is 0 Å². The van der Waals surface area contributed by atoms with Gasteiger partial charge in [0.05, 0.1) is 5.56 Å². The van der Waals surface area contributed by atoms with Gasteiger partial charge in [-0.25, -0.2) is 4.98 Å². The Morgan fingerprint density at radius 3 is 2.52 bits per heavy atom. The molecule has 0 aromatic carbocycles. The van der Waals surface area contributed by atoms with Crippen LogP contribution in [0, 0.1) is 6.92 Å². The van der Waals surface area contributed by atoms with E-state index in [1.54, 1.807) is 6.92 Å². The lowest BCUT2D eigenvalue weighted by molar-refractivity contribution is -0.146. The van der Waals surface area contributed by atoms with Crippen molar-refractivity contribution in [2.75, 3.05) is 0 Å². The van der Waals surface area contributed by atoms with Crippen LogP contribution in [0.1, 0.15) is 17.5 Å². The summed E-state index contributed by atoms with van der Waals surface area (Å²) in [6.07, 6.45) is -3.41. The van der Waals surface area contributed by atoms with Gasteiger partial charge in [-0.2, -0.15) is 23.1 Å². The molecule has 0 atom stereocenters. The van der Waals surface area contributed by atoms with Crippen molar-refractivity contribution in [3.05, 3.63) is 35.9 Å². The second-order valence-electron chi connectivity index (χ2n) is 4.33. The highest BCUT2D eigenvalue weighted by molar-refractivity contribution is 5.51. The molecule has 0 amide bonds. The van der Waals surface area contributed by atoms with E-state index in [1.807, 2.05) is 0 Å². The summed E-state index contributed by atoms with van der Waals surface area (Å²) in [5.74, 6) is -0.660. The van der Waals surface area contributed by atoms with Crippen molar-refractivity contribution in [1.82, 2.24) is 25.3 Å². The molecule has 0 radical (unpaired) electrons. The van der Waals surface area contributed by atoms with Crippen molar-refractivity contribution in [3.63, 3.8) is 0 Å². The van der Waals surface area contributed by atoms with Crippen LogP contribution in [0.4, 0.5) is 13.2 Å². The van der Waals surface area contributed by atoms with E-state index in [2.05, 4.69) is 29.8 Å². The minimum Gasteiger partial charge on any atom is -0.468 e. The summed E-state index contributed by atoms with van der Waals surface area (Å²) in [6.45, 7) is 1.69. The zero-order valence-electron chi connectivity index (χ0n) is 11.5. The molecule has 8 nitrogen and oxygen atoms in total. The number of aryl methyl sites for hydroxylation is 1. The number of hydrogen-bond acceptors (Lipinski definition) is 8. The van der Waals surface area contributed by atoms with E-state index in [0.717, 1.165) is 0 Å². The van der Waals surface area contributed by atoms with Crippen LogP contribution in [0.3, 0.4) is 0 Å². The Morgan fingerprint density at radius 2 is 1.96 bits per heavy atom. The molecule has 0 aliphatic rings. The lowest BCUT2D eigenvalue weighted by atomic mass is 10.3. The van der Waals surface area contributed by atoms with Crippen LogP contribution < -0.4 is 4.74 Å². The molecule has 0 fully saturated rings. The summed E-state index contributed by atoms with van der Waals surface area (Å²) in [7, 11) is 0. The average molecular weight is 327 g/mol. The predicted octanol–water partition coefficient (Wildman–Crippen LogP) is 2.42. The molecule has 3 rings (SSSR count). The molecule has 0 aliphatic carbocycles. The smallest absolute Gasteiger partial charge is 0.455 e. The molecule has 3 aromatic heterocycles. The van der Waals surface area contributed by atoms with E-state index in [4.69, 9.17) is 9.26 Å². The second-order valence-corrected chi connectivity index (χ2v) is 4.33. The number of halogens is 3. The van der Waals surface area contributed by atoms with E-state index in [1.165, 1.54) is 18.3 Å². The lowest BCUT2D eigenvalue weighted by Gasteiger charge is -2.01. The summed E-state index contributed by atoms with van der Waals surface area (Å²) in [4.78, 5) is 11.1. The number of nitrogens with zero attached hydrogens (tertiary/aromatic N) is 5. The van der Waals surface area contributed by atoms with Crippen molar-refractivity contribution in [3.8, 4) is 17.3 Å². The molecule has 3 aromatic rings. The van der Waals surface area contributed by atoms with E-state index in [0.29, 0.717) is 5.82 Å². The highest BCUT2D eigenvalue weighted by Crippen LogP contribution is 2.28. The normalized spacial score (nSPS) is 11.7. The molecule has 0 N–H and O–H groups in total. The van der Waals surface area contributed by atoms with Crippen LogP contribution in [-0.4, -0.2) is 25.3 Å². The third-order valence-corrected chi connectivity index (χ3v) is 2.58. The summed E-state index contributed by atoms with van der Waals surface area (Å²) >= 11 is 0. The number of hydrogen-bond donors (Lipinski definition) is 0. The molecule has 11 heteroatoms. The van der Waals surface area contributed by atoms with Gasteiger partial charge in [-0.3, -0.25) is 0 Å². The average Bonchev–Trinajstić information content (AvgIpc) is 3.14. The maximum atomic E-state index is 12.4. The maximum absolute atomic E-state index is 12.4. The third kappa shape index (κ3) is 3.44. The molecule has 0 saturated heterocycles. The van der Waals surface area contributed by atoms with E-state index >= 15 is 0 Å². The van der Waals surface area contributed by atoms with Gasteiger partial charge in [0, 0.05) is 12.3 Å². The van der Waals surface area contributed by atoms with Gasteiger partial charge in [0.25, 0.3) is 17.6 Å². The van der Waals surface area contributed by atoms with E-state index in [-0.39, 0.29) is 29.8 Å². The van der Waals surface area contributed by atoms with Crippen molar-refractivity contribution < 1.29 is 27.0 Å². The minimum absolute atomic E-state index is 0.0198. The standard InChI is InChI=1S/C12H8F3N5O3/c1-6-17-9(22-19-6)5-21-8-3-2-7(4-16-8)10-18-11(20-23-10)12(13,14)15/h2-4H,5H2,1H3. The summed E-state index contributed by atoms with van der Waals surface area (Å²) in [5, 5.41) is 6.47. The fourth-order valence-electron chi connectivity index (χ4n) is 1.58. The van der Waals surface area contributed by atoms with Crippen LogP contribution in [0.25, 0.3) is 11.5 Å². The maximum Gasteiger partial charge on any atom is 0.455 e. The van der Waals surface area contributed by atoms with Gasteiger partial charge in [0.2, 0.25) is 5.88 Å². The zero-order chi connectivity index (χ0) is 16.4. The molecule has 0 spiro atoms. The highest BCUT2D eigenvalue weighted by atomic mass is 19.4. The molecule has 23 heavy (non-hydrogen) atoms. The quantitative estimate of drug-likeness (QED) is 0.720. The minimum atomic E-state index is -4.67. The SMILES string of the molecule is Cc1noc(COc2ccc(-c3nc(C(F)(F)F)no3)cn2)n1. The molecule has 0 unspecified atom stereocenters. The number of alkyl halides is 3. The van der Waals surface area contributed by atoms with Crippen molar-refractivity contribution in [2.24, 2.45) is 0 Å². The van der Waals surface area contributed by atoms with Gasteiger partial charge in [-0.05, 0) is 13.0 Å². The fourth-order valence-corrected chi connectivity index (χ4v) is 1.58. The van der Waals surface area contributed by atoms with Gasteiger partial charge in [0.15, 0.2) is 12.4 Å². The second kappa shape index (κ2) is 5.66. The summed E-state index contributed by atoms with van der Waals surface area (Å²) in [5.41, 5.74) is 0.231. The summed E-state index contributed by atoms with van der Waals surface area (Å²) < 4.78 is 51.9. The Hall–Kier alpha value is -2.98. The van der Waals surface area contributed by atoms with E-state index in [9.17, 15) is 13.2 Å². The molecular formula is C12H8F3N5O3. The third-order valence-electron chi connectivity index (χ3n) is 2.58. The van der Waals surface area contributed by atoms with Gasteiger partial charge >= 0.3 is 6.18 Å². The predicted molar refractivity (Wildman–Crippen MR) is 65.9 cm³/mol. The number of rotatable bonds is 4. The highest BCUT2D eigenvalue weighted by Gasteiger charge is 2.37. The molecule has 120 valence electrons.